The van der Waals surface area contributed by atoms with Crippen LogP contribution in [0, 0.1) is 10.1 Å². The molecule has 122 valence electrons. The molecule has 3 aromatic rings. The molecule has 0 heterocycles. The van der Waals surface area contributed by atoms with Crippen molar-refractivity contribution in [3.8, 4) is 5.75 Å². The quantitative estimate of drug-likeness (QED) is 0.506. The summed E-state index contributed by atoms with van der Waals surface area (Å²) in [6.07, 6.45) is 0. The zero-order valence-electron chi connectivity index (χ0n) is 13.2. The average molecular weight is 339 g/mol. The molecule has 5 heteroatoms. The lowest BCUT2D eigenvalue weighted by molar-refractivity contribution is -0.384. The van der Waals surface area contributed by atoms with Gasteiger partial charge in [-0.25, -0.2) is 0 Å². The van der Waals surface area contributed by atoms with Crippen molar-refractivity contribution >= 4 is 28.2 Å². The van der Waals surface area contributed by atoms with Crippen LogP contribution in [-0.4, -0.2) is 15.8 Å². The molecule has 3 aromatic carbocycles. The number of nitrogens with zero attached hydrogens (tertiary/aromatic N) is 1. The standard InChI is InChI=1S/C19H17NO3S/c1-2-24-19(14-7-5-8-15(12-14)20(22)23)18-16-9-4-3-6-13(16)10-11-17(18)21/h3-12,19,21H,2H2,1H3. The van der Waals surface area contributed by atoms with Gasteiger partial charge in [-0.15, -0.1) is 11.8 Å². The number of benzene rings is 3. The van der Waals surface area contributed by atoms with Crippen molar-refractivity contribution in [3.63, 3.8) is 0 Å². The molecule has 0 aliphatic rings. The average Bonchev–Trinajstić information content (AvgIpc) is 2.60. The van der Waals surface area contributed by atoms with Gasteiger partial charge in [-0.2, -0.15) is 0 Å². The fraction of sp³-hybridized carbons (Fsp3) is 0.158. The Bertz CT molecular complexity index is 895. The lowest BCUT2D eigenvalue weighted by Crippen LogP contribution is -2.00. The number of thioether (sulfide) groups is 1. The van der Waals surface area contributed by atoms with E-state index in [0.29, 0.717) is 0 Å². The van der Waals surface area contributed by atoms with Crippen LogP contribution in [-0.2, 0) is 0 Å². The van der Waals surface area contributed by atoms with Gasteiger partial charge in [0, 0.05) is 17.7 Å². The van der Waals surface area contributed by atoms with E-state index in [4.69, 9.17) is 0 Å². The third kappa shape index (κ3) is 3.08. The number of aromatic hydroxyl groups is 1. The first-order valence-electron chi connectivity index (χ1n) is 7.68. The highest BCUT2D eigenvalue weighted by Crippen LogP contribution is 2.44. The van der Waals surface area contributed by atoms with Crippen molar-refractivity contribution in [2.45, 2.75) is 12.2 Å². The van der Waals surface area contributed by atoms with Crippen LogP contribution in [0.2, 0.25) is 0 Å². The van der Waals surface area contributed by atoms with Gasteiger partial charge in [0.15, 0.2) is 0 Å². The Morgan fingerprint density at radius 2 is 1.92 bits per heavy atom. The molecular weight excluding hydrogens is 322 g/mol. The summed E-state index contributed by atoms with van der Waals surface area (Å²) in [4.78, 5) is 10.7. The van der Waals surface area contributed by atoms with Crippen LogP contribution in [0.25, 0.3) is 10.8 Å². The molecule has 0 spiro atoms. The van der Waals surface area contributed by atoms with Crippen LogP contribution < -0.4 is 0 Å². The van der Waals surface area contributed by atoms with Crippen molar-refractivity contribution in [1.29, 1.82) is 0 Å². The summed E-state index contributed by atoms with van der Waals surface area (Å²) in [7, 11) is 0. The Kier molecular flexibility index (Phi) is 4.71. The number of phenolic OH excluding ortho intramolecular Hbond substituents is 1. The summed E-state index contributed by atoms with van der Waals surface area (Å²) in [5, 5.41) is 23.4. The van der Waals surface area contributed by atoms with E-state index in [2.05, 4.69) is 0 Å². The highest BCUT2D eigenvalue weighted by atomic mass is 32.2. The molecule has 0 fully saturated rings. The Labute approximate surface area is 144 Å². The maximum Gasteiger partial charge on any atom is 0.269 e. The van der Waals surface area contributed by atoms with E-state index in [1.807, 2.05) is 43.3 Å². The van der Waals surface area contributed by atoms with Crippen molar-refractivity contribution in [3.05, 3.63) is 81.9 Å². The minimum Gasteiger partial charge on any atom is -0.508 e. The summed E-state index contributed by atoms with van der Waals surface area (Å²) < 4.78 is 0. The first-order chi connectivity index (χ1) is 11.6. The third-order valence-electron chi connectivity index (χ3n) is 3.93. The molecule has 3 rings (SSSR count). The van der Waals surface area contributed by atoms with E-state index in [1.165, 1.54) is 6.07 Å². The topological polar surface area (TPSA) is 63.4 Å². The predicted molar refractivity (Wildman–Crippen MR) is 98.7 cm³/mol. The molecule has 0 radical (unpaired) electrons. The van der Waals surface area contributed by atoms with Crippen LogP contribution in [0.15, 0.2) is 60.7 Å². The highest BCUT2D eigenvalue weighted by molar-refractivity contribution is 7.99. The summed E-state index contributed by atoms with van der Waals surface area (Å²) in [5.74, 6) is 1.04. The molecule has 1 unspecified atom stereocenters. The molecule has 0 aromatic heterocycles. The molecule has 1 atom stereocenters. The Morgan fingerprint density at radius 3 is 2.67 bits per heavy atom. The van der Waals surface area contributed by atoms with E-state index in [0.717, 1.165) is 27.7 Å². The van der Waals surface area contributed by atoms with Crippen molar-refractivity contribution < 1.29 is 10.0 Å². The van der Waals surface area contributed by atoms with Crippen LogP contribution in [0.4, 0.5) is 5.69 Å². The lowest BCUT2D eigenvalue weighted by atomic mass is 9.96. The fourth-order valence-electron chi connectivity index (χ4n) is 2.87. The summed E-state index contributed by atoms with van der Waals surface area (Å²) in [6, 6.07) is 18.1. The van der Waals surface area contributed by atoms with Crippen LogP contribution in [0.1, 0.15) is 23.3 Å². The Hall–Kier alpha value is -2.53. The molecule has 0 aliphatic heterocycles. The molecule has 0 bridgehead atoms. The van der Waals surface area contributed by atoms with Crippen molar-refractivity contribution in [2.24, 2.45) is 0 Å². The van der Waals surface area contributed by atoms with Gasteiger partial charge in [-0.05, 0) is 28.2 Å². The second-order valence-corrected chi connectivity index (χ2v) is 6.79. The Balaban J connectivity index is 2.21. The molecule has 0 amide bonds. The van der Waals surface area contributed by atoms with E-state index in [9.17, 15) is 15.2 Å². The SMILES string of the molecule is CCSC(c1cccc([N+](=O)[O-])c1)c1c(O)ccc2ccccc12. The van der Waals surface area contributed by atoms with E-state index in [1.54, 1.807) is 30.0 Å². The minimum absolute atomic E-state index is 0.0638. The number of fused-ring (bicyclic) bond motifs is 1. The number of hydrogen-bond acceptors (Lipinski definition) is 4. The predicted octanol–water partition coefficient (Wildman–Crippen LogP) is 5.30. The largest absolute Gasteiger partial charge is 0.508 e. The number of phenols is 1. The summed E-state index contributed by atoms with van der Waals surface area (Å²) in [6.45, 7) is 2.04. The second kappa shape index (κ2) is 6.93. The number of nitro benzene ring substituents is 1. The monoisotopic (exact) mass is 339 g/mol. The molecule has 24 heavy (non-hydrogen) atoms. The number of hydrogen-bond donors (Lipinski definition) is 1. The number of non-ortho nitro benzene ring substituents is 1. The van der Waals surface area contributed by atoms with Crippen molar-refractivity contribution in [1.82, 2.24) is 0 Å². The zero-order valence-corrected chi connectivity index (χ0v) is 14.0. The normalized spacial score (nSPS) is 12.2. The van der Waals surface area contributed by atoms with Gasteiger partial charge in [-0.1, -0.05) is 49.4 Å². The van der Waals surface area contributed by atoms with Crippen LogP contribution >= 0.6 is 11.8 Å². The fourth-order valence-corrected chi connectivity index (χ4v) is 3.96. The summed E-state index contributed by atoms with van der Waals surface area (Å²) in [5.41, 5.74) is 1.69. The van der Waals surface area contributed by atoms with Gasteiger partial charge in [0.1, 0.15) is 5.75 Å². The van der Waals surface area contributed by atoms with E-state index < -0.39 is 0 Å². The maximum atomic E-state index is 11.1. The molecule has 1 N–H and O–H groups in total. The second-order valence-electron chi connectivity index (χ2n) is 5.41. The summed E-state index contributed by atoms with van der Waals surface area (Å²) >= 11 is 1.65. The van der Waals surface area contributed by atoms with Gasteiger partial charge in [-0.3, -0.25) is 10.1 Å². The van der Waals surface area contributed by atoms with Crippen molar-refractivity contribution in [2.75, 3.05) is 5.75 Å². The van der Waals surface area contributed by atoms with E-state index in [-0.39, 0.29) is 21.6 Å². The Morgan fingerprint density at radius 1 is 1.12 bits per heavy atom. The molecular formula is C19H17NO3S. The zero-order chi connectivity index (χ0) is 17.1. The smallest absolute Gasteiger partial charge is 0.269 e. The molecule has 0 aliphatic carbocycles. The van der Waals surface area contributed by atoms with Gasteiger partial charge >= 0.3 is 0 Å². The van der Waals surface area contributed by atoms with Gasteiger partial charge in [0.25, 0.3) is 5.69 Å². The minimum atomic E-state index is -0.389. The number of nitro groups is 1. The third-order valence-corrected chi connectivity index (χ3v) is 5.10. The first kappa shape index (κ1) is 16.3. The molecule has 4 nitrogen and oxygen atoms in total. The van der Waals surface area contributed by atoms with E-state index >= 15 is 0 Å². The maximum absolute atomic E-state index is 11.1. The van der Waals surface area contributed by atoms with Crippen LogP contribution in [0.5, 0.6) is 5.75 Å². The van der Waals surface area contributed by atoms with Gasteiger partial charge in [0.05, 0.1) is 10.2 Å². The first-order valence-corrected chi connectivity index (χ1v) is 8.73. The van der Waals surface area contributed by atoms with Gasteiger partial charge in [0.2, 0.25) is 0 Å². The van der Waals surface area contributed by atoms with Crippen LogP contribution in [0.3, 0.4) is 0 Å². The number of rotatable bonds is 5. The molecule has 0 saturated carbocycles. The van der Waals surface area contributed by atoms with Gasteiger partial charge < -0.3 is 5.11 Å². The lowest BCUT2D eigenvalue weighted by Gasteiger charge is -2.20. The molecule has 0 saturated heterocycles. The highest BCUT2D eigenvalue weighted by Gasteiger charge is 2.22.